The first-order valence-corrected chi connectivity index (χ1v) is 6.26. The number of benzene rings is 1. The average molecular weight is 264 g/mol. The van der Waals surface area contributed by atoms with Gasteiger partial charge in [0.2, 0.25) is 0 Å². The van der Waals surface area contributed by atoms with Crippen molar-refractivity contribution in [3.05, 3.63) is 65.2 Å². The quantitative estimate of drug-likeness (QED) is 0.793. The number of fused-ring (bicyclic) bond motifs is 1. The molecule has 4 nitrogen and oxygen atoms in total. The number of furan rings is 1. The molecule has 0 radical (unpaired) electrons. The fourth-order valence-corrected chi connectivity index (χ4v) is 2.45. The molecule has 0 unspecified atom stereocenters. The number of hydrogen-bond acceptors (Lipinski definition) is 3. The number of nitriles is 1. The average Bonchev–Trinajstić information content (AvgIpc) is 2.99. The van der Waals surface area contributed by atoms with Crippen molar-refractivity contribution in [2.75, 3.05) is 0 Å². The van der Waals surface area contributed by atoms with E-state index in [1.165, 1.54) is 11.2 Å². The maximum atomic E-state index is 12.5. The number of hydrogen-bond donors (Lipinski definition) is 0. The van der Waals surface area contributed by atoms with E-state index in [4.69, 9.17) is 4.42 Å². The Hall–Kier alpha value is -2.80. The smallest absolute Gasteiger partial charge is 0.295 e. The molecule has 0 saturated heterocycles. The van der Waals surface area contributed by atoms with Gasteiger partial charge in [0.15, 0.2) is 5.76 Å². The van der Waals surface area contributed by atoms with Gasteiger partial charge in [-0.15, -0.1) is 0 Å². The van der Waals surface area contributed by atoms with Crippen molar-refractivity contribution in [2.45, 2.75) is 13.0 Å². The summed E-state index contributed by atoms with van der Waals surface area (Å²) in [5, 5.41) is 9.47. The number of rotatable bonds is 1. The minimum Gasteiger partial charge on any atom is -0.459 e. The molecule has 3 rings (SSSR count). The zero-order valence-electron chi connectivity index (χ0n) is 10.9. The molecule has 1 amide bonds. The Labute approximate surface area is 116 Å². The molecule has 0 aliphatic carbocycles. The molecule has 20 heavy (non-hydrogen) atoms. The zero-order chi connectivity index (χ0) is 14.1. The predicted molar refractivity (Wildman–Crippen MR) is 73.3 cm³/mol. The van der Waals surface area contributed by atoms with Crippen LogP contribution in [0, 0.1) is 11.3 Å². The number of carbonyl (C=O) groups is 1. The van der Waals surface area contributed by atoms with Crippen LogP contribution >= 0.6 is 0 Å². The summed E-state index contributed by atoms with van der Waals surface area (Å²) in [6, 6.07) is 12.4. The van der Waals surface area contributed by atoms with Crippen LogP contribution in [-0.4, -0.2) is 10.8 Å². The van der Waals surface area contributed by atoms with Crippen LogP contribution in [0.1, 0.15) is 34.6 Å². The van der Waals surface area contributed by atoms with Crippen molar-refractivity contribution in [1.29, 1.82) is 5.26 Å². The fraction of sp³-hybridized carbons (Fsp3) is 0.125. The summed E-state index contributed by atoms with van der Waals surface area (Å²) in [4.78, 5) is 14.0. The van der Waals surface area contributed by atoms with E-state index in [1.54, 1.807) is 12.1 Å². The molecule has 1 aromatic carbocycles. The number of allylic oxidation sites excluding steroid dienone is 1. The van der Waals surface area contributed by atoms with E-state index in [0.717, 1.165) is 16.8 Å². The molecule has 0 N–H and O–H groups in total. The minimum atomic E-state index is -0.631. The maximum Gasteiger partial charge on any atom is 0.295 e. The molecular weight excluding hydrogens is 252 g/mol. The van der Waals surface area contributed by atoms with Gasteiger partial charge < -0.3 is 4.42 Å². The molecule has 0 bridgehead atoms. The van der Waals surface area contributed by atoms with E-state index in [-0.39, 0.29) is 11.7 Å². The van der Waals surface area contributed by atoms with Crippen LogP contribution in [0.15, 0.2) is 52.8 Å². The van der Waals surface area contributed by atoms with E-state index >= 15 is 0 Å². The molecule has 1 aliphatic heterocycles. The summed E-state index contributed by atoms with van der Waals surface area (Å²) < 4.78 is 5.15. The third-order valence-corrected chi connectivity index (χ3v) is 3.37. The summed E-state index contributed by atoms with van der Waals surface area (Å²) in [5.74, 6) is -0.0674. The summed E-state index contributed by atoms with van der Waals surface area (Å²) in [5.41, 5.74) is 2.54. The van der Waals surface area contributed by atoms with E-state index in [2.05, 4.69) is 6.07 Å². The van der Waals surface area contributed by atoms with E-state index in [9.17, 15) is 10.1 Å². The Morgan fingerprint density at radius 3 is 2.80 bits per heavy atom. The Kier molecular flexibility index (Phi) is 2.88. The third kappa shape index (κ3) is 1.81. The lowest BCUT2D eigenvalue weighted by molar-refractivity contribution is 0.0743. The molecule has 1 aliphatic rings. The van der Waals surface area contributed by atoms with Gasteiger partial charge in [-0.3, -0.25) is 9.69 Å². The van der Waals surface area contributed by atoms with E-state index < -0.39 is 6.04 Å². The Balaban J connectivity index is 2.09. The van der Waals surface area contributed by atoms with Gasteiger partial charge in [-0.1, -0.05) is 24.3 Å². The van der Waals surface area contributed by atoms with Gasteiger partial charge in [0.05, 0.1) is 12.3 Å². The second-order valence-corrected chi connectivity index (χ2v) is 4.60. The highest BCUT2D eigenvalue weighted by Gasteiger charge is 2.32. The summed E-state index contributed by atoms with van der Waals surface area (Å²) in [6.45, 7) is 1.82. The van der Waals surface area contributed by atoms with Crippen LogP contribution < -0.4 is 0 Å². The standard InChI is InChI=1S/C16H12N2O2/c1-11-9-12-5-2-3-6-13(12)14(10-17)18(11)16(19)15-7-4-8-20-15/h2-9,14H,1H3/t14-/m0/s1. The lowest BCUT2D eigenvalue weighted by Gasteiger charge is -2.32. The van der Waals surface area contributed by atoms with Crippen molar-refractivity contribution in [3.63, 3.8) is 0 Å². The largest absolute Gasteiger partial charge is 0.459 e. The van der Waals surface area contributed by atoms with Gasteiger partial charge in [-0.2, -0.15) is 5.26 Å². The molecule has 0 fully saturated rings. The monoisotopic (exact) mass is 264 g/mol. The zero-order valence-corrected chi connectivity index (χ0v) is 10.9. The second-order valence-electron chi connectivity index (χ2n) is 4.60. The SMILES string of the molecule is CC1=Cc2ccccc2[C@H](C#N)N1C(=O)c1ccco1. The molecule has 1 atom stereocenters. The molecule has 0 saturated carbocycles. The highest BCUT2D eigenvalue weighted by atomic mass is 16.3. The van der Waals surface area contributed by atoms with Gasteiger partial charge in [0.25, 0.3) is 5.91 Å². The van der Waals surface area contributed by atoms with Gasteiger partial charge in [0.1, 0.15) is 6.04 Å². The second kappa shape index (κ2) is 4.71. The lowest BCUT2D eigenvalue weighted by atomic mass is 9.94. The van der Waals surface area contributed by atoms with Crippen LogP contribution in [0.3, 0.4) is 0 Å². The third-order valence-electron chi connectivity index (χ3n) is 3.37. The Morgan fingerprint density at radius 1 is 1.30 bits per heavy atom. The summed E-state index contributed by atoms with van der Waals surface area (Å²) >= 11 is 0. The van der Waals surface area contributed by atoms with Crippen LogP contribution in [0.5, 0.6) is 0 Å². The molecule has 2 heterocycles. The number of amides is 1. The number of carbonyl (C=O) groups excluding carboxylic acids is 1. The van der Waals surface area contributed by atoms with E-state index in [0.29, 0.717) is 0 Å². The molecule has 0 spiro atoms. The van der Waals surface area contributed by atoms with Gasteiger partial charge in [-0.25, -0.2) is 0 Å². The molecule has 1 aromatic heterocycles. The van der Waals surface area contributed by atoms with Gasteiger partial charge >= 0.3 is 0 Å². The highest BCUT2D eigenvalue weighted by molar-refractivity contribution is 5.94. The number of nitrogens with zero attached hydrogens (tertiary/aromatic N) is 2. The van der Waals surface area contributed by atoms with Crippen molar-refractivity contribution in [2.24, 2.45) is 0 Å². The molecular formula is C16H12N2O2. The molecule has 4 heteroatoms. The first-order chi connectivity index (χ1) is 9.72. The van der Waals surface area contributed by atoms with Crippen LogP contribution in [0.25, 0.3) is 6.08 Å². The lowest BCUT2D eigenvalue weighted by Crippen LogP contribution is -2.34. The Bertz CT molecular complexity index is 723. The van der Waals surface area contributed by atoms with Gasteiger partial charge in [0, 0.05) is 5.70 Å². The van der Waals surface area contributed by atoms with E-state index in [1.807, 2.05) is 37.3 Å². The van der Waals surface area contributed by atoms with Crippen LogP contribution in [-0.2, 0) is 0 Å². The minimum absolute atomic E-state index is 0.234. The normalized spacial score (nSPS) is 17.1. The first kappa shape index (κ1) is 12.2. The van der Waals surface area contributed by atoms with Crippen molar-refractivity contribution < 1.29 is 9.21 Å². The maximum absolute atomic E-state index is 12.5. The van der Waals surface area contributed by atoms with Crippen LogP contribution in [0.4, 0.5) is 0 Å². The Morgan fingerprint density at radius 2 is 2.10 bits per heavy atom. The first-order valence-electron chi connectivity index (χ1n) is 6.26. The van der Waals surface area contributed by atoms with Crippen molar-refractivity contribution >= 4 is 12.0 Å². The van der Waals surface area contributed by atoms with Gasteiger partial charge in [-0.05, 0) is 36.3 Å². The topological polar surface area (TPSA) is 57.2 Å². The van der Waals surface area contributed by atoms with Crippen LogP contribution in [0.2, 0.25) is 0 Å². The fourth-order valence-electron chi connectivity index (χ4n) is 2.45. The van der Waals surface area contributed by atoms with Crippen molar-refractivity contribution in [1.82, 2.24) is 4.90 Å². The predicted octanol–water partition coefficient (Wildman–Crippen LogP) is 3.36. The molecule has 98 valence electrons. The summed E-state index contributed by atoms with van der Waals surface area (Å²) in [7, 11) is 0. The van der Waals surface area contributed by atoms with Crippen molar-refractivity contribution in [3.8, 4) is 6.07 Å². The molecule has 2 aromatic rings. The highest BCUT2D eigenvalue weighted by Crippen LogP contribution is 2.34. The summed E-state index contributed by atoms with van der Waals surface area (Å²) in [6.07, 6.45) is 3.36.